The molecular formula is C22H29NO3. The van der Waals surface area contributed by atoms with Crippen LogP contribution in [0, 0.1) is 31.6 Å². The van der Waals surface area contributed by atoms with Crippen LogP contribution < -0.4 is 5.32 Å². The third-order valence-electron chi connectivity index (χ3n) is 6.69. The van der Waals surface area contributed by atoms with Gasteiger partial charge in [0.05, 0.1) is 5.56 Å². The van der Waals surface area contributed by atoms with Gasteiger partial charge < -0.3 is 10.1 Å². The number of nitrogens with one attached hydrogen (secondary N) is 1. The number of rotatable bonds is 4. The molecule has 4 aliphatic rings. The number of hydrogen-bond donors (Lipinski definition) is 1. The van der Waals surface area contributed by atoms with Gasteiger partial charge in [0.15, 0.2) is 6.10 Å². The summed E-state index contributed by atoms with van der Waals surface area (Å²) in [6.45, 7) is 5.51. The van der Waals surface area contributed by atoms with Crippen LogP contribution in [0.4, 0.5) is 0 Å². The van der Waals surface area contributed by atoms with Gasteiger partial charge in [-0.3, -0.25) is 4.79 Å². The van der Waals surface area contributed by atoms with Crippen molar-refractivity contribution in [1.82, 2.24) is 5.32 Å². The quantitative estimate of drug-likeness (QED) is 0.833. The molecular weight excluding hydrogens is 326 g/mol. The first-order chi connectivity index (χ1) is 12.3. The summed E-state index contributed by atoms with van der Waals surface area (Å²) in [5, 5.41) is 3.29. The van der Waals surface area contributed by atoms with Gasteiger partial charge in [0.25, 0.3) is 5.91 Å². The molecule has 1 aromatic carbocycles. The van der Waals surface area contributed by atoms with Crippen LogP contribution in [0.25, 0.3) is 0 Å². The summed E-state index contributed by atoms with van der Waals surface area (Å²) in [5.74, 6) is 1.75. The Kier molecular flexibility index (Phi) is 4.32. The summed E-state index contributed by atoms with van der Waals surface area (Å²) in [6, 6.07) is 5.70. The van der Waals surface area contributed by atoms with Gasteiger partial charge in [0.2, 0.25) is 0 Å². The molecule has 4 nitrogen and oxygen atoms in total. The van der Waals surface area contributed by atoms with E-state index in [9.17, 15) is 9.59 Å². The van der Waals surface area contributed by atoms with E-state index in [0.29, 0.717) is 5.56 Å². The Morgan fingerprint density at radius 1 is 1.08 bits per heavy atom. The average Bonchev–Trinajstić information content (AvgIpc) is 2.55. The minimum absolute atomic E-state index is 0.0498. The Morgan fingerprint density at radius 3 is 2.23 bits per heavy atom. The molecule has 0 spiro atoms. The van der Waals surface area contributed by atoms with E-state index in [4.69, 9.17) is 4.74 Å². The molecule has 0 unspecified atom stereocenters. The van der Waals surface area contributed by atoms with Crippen LogP contribution >= 0.6 is 0 Å². The Balaban J connectivity index is 1.41. The van der Waals surface area contributed by atoms with E-state index >= 15 is 0 Å². The second-order valence-electron chi connectivity index (χ2n) is 9.05. The Hall–Kier alpha value is -1.84. The van der Waals surface area contributed by atoms with E-state index in [-0.39, 0.29) is 11.4 Å². The first-order valence-corrected chi connectivity index (χ1v) is 9.94. The predicted molar refractivity (Wildman–Crippen MR) is 99.8 cm³/mol. The van der Waals surface area contributed by atoms with Crippen molar-refractivity contribution >= 4 is 11.9 Å². The van der Waals surface area contributed by atoms with Gasteiger partial charge in [0.1, 0.15) is 0 Å². The van der Waals surface area contributed by atoms with Gasteiger partial charge in [-0.05, 0) is 88.7 Å². The first kappa shape index (κ1) is 17.6. The number of hydrogen-bond acceptors (Lipinski definition) is 3. The maximum absolute atomic E-state index is 12.8. The molecule has 1 aromatic rings. The smallest absolute Gasteiger partial charge is 0.339 e. The summed E-state index contributed by atoms with van der Waals surface area (Å²) in [4.78, 5) is 25.3. The van der Waals surface area contributed by atoms with Crippen molar-refractivity contribution in [2.75, 3.05) is 0 Å². The van der Waals surface area contributed by atoms with Gasteiger partial charge in [-0.1, -0.05) is 17.7 Å². The lowest BCUT2D eigenvalue weighted by Crippen LogP contribution is -2.61. The second-order valence-corrected chi connectivity index (χ2v) is 9.05. The van der Waals surface area contributed by atoms with Crippen LogP contribution in [0.5, 0.6) is 0 Å². The molecule has 0 radical (unpaired) electrons. The highest BCUT2D eigenvalue weighted by Crippen LogP contribution is 2.55. The van der Waals surface area contributed by atoms with Crippen molar-refractivity contribution in [1.29, 1.82) is 0 Å². The molecule has 1 amide bonds. The van der Waals surface area contributed by atoms with Crippen molar-refractivity contribution in [3.63, 3.8) is 0 Å². The summed E-state index contributed by atoms with van der Waals surface area (Å²) in [6.07, 6.45) is 6.55. The van der Waals surface area contributed by atoms with Gasteiger partial charge in [0, 0.05) is 5.54 Å². The normalized spacial score (nSPS) is 33.0. The Morgan fingerprint density at radius 2 is 1.65 bits per heavy atom. The monoisotopic (exact) mass is 355 g/mol. The lowest BCUT2D eigenvalue weighted by Gasteiger charge is -2.57. The van der Waals surface area contributed by atoms with E-state index in [1.807, 2.05) is 32.0 Å². The zero-order chi connectivity index (χ0) is 18.5. The van der Waals surface area contributed by atoms with Crippen LogP contribution in [0.15, 0.2) is 18.2 Å². The van der Waals surface area contributed by atoms with E-state index in [0.717, 1.165) is 48.1 Å². The van der Waals surface area contributed by atoms with Gasteiger partial charge in [-0.15, -0.1) is 0 Å². The van der Waals surface area contributed by atoms with Crippen molar-refractivity contribution in [3.05, 3.63) is 34.9 Å². The van der Waals surface area contributed by atoms with Crippen LogP contribution in [-0.2, 0) is 9.53 Å². The first-order valence-electron chi connectivity index (χ1n) is 9.94. The standard InChI is InChI=1S/C22H29NO3/c1-13-4-5-14(2)19(6-13)21(25)26-15(3)20(24)23-22-10-16-7-17(11-22)9-18(8-16)12-22/h4-6,15-18H,7-12H2,1-3H3,(H,23,24)/t15-,16?,17?,18?,22?/m1/s1. The third kappa shape index (κ3) is 3.26. The average molecular weight is 355 g/mol. The SMILES string of the molecule is Cc1ccc(C)c(C(=O)O[C@H](C)C(=O)NC23CC4CC(CC(C4)C2)C3)c1. The molecule has 0 heterocycles. The molecule has 26 heavy (non-hydrogen) atoms. The third-order valence-corrected chi connectivity index (χ3v) is 6.69. The lowest BCUT2D eigenvalue weighted by atomic mass is 9.53. The van der Waals surface area contributed by atoms with Crippen LogP contribution in [0.1, 0.15) is 66.9 Å². The number of ether oxygens (including phenoxy) is 1. The van der Waals surface area contributed by atoms with Crippen LogP contribution in [-0.4, -0.2) is 23.5 Å². The fourth-order valence-electron chi connectivity index (χ4n) is 5.86. The zero-order valence-electron chi connectivity index (χ0n) is 16.0. The van der Waals surface area contributed by atoms with Crippen molar-refractivity contribution in [2.24, 2.45) is 17.8 Å². The molecule has 0 saturated heterocycles. The van der Waals surface area contributed by atoms with E-state index in [1.165, 1.54) is 19.3 Å². The highest BCUT2D eigenvalue weighted by molar-refractivity contribution is 5.93. The summed E-state index contributed by atoms with van der Waals surface area (Å²) < 4.78 is 5.50. The van der Waals surface area contributed by atoms with E-state index in [2.05, 4.69) is 5.32 Å². The molecule has 0 aromatic heterocycles. The largest absolute Gasteiger partial charge is 0.449 e. The van der Waals surface area contributed by atoms with Crippen molar-refractivity contribution < 1.29 is 14.3 Å². The number of carbonyl (C=O) groups excluding carboxylic acids is 2. The predicted octanol–water partition coefficient (Wildman–Crippen LogP) is 3.93. The highest BCUT2D eigenvalue weighted by atomic mass is 16.5. The van der Waals surface area contributed by atoms with Gasteiger partial charge in [-0.25, -0.2) is 4.79 Å². The van der Waals surface area contributed by atoms with Gasteiger partial charge >= 0.3 is 5.97 Å². The fraction of sp³-hybridized carbons (Fsp3) is 0.636. The Labute approximate surface area is 155 Å². The molecule has 1 N–H and O–H groups in total. The highest BCUT2D eigenvalue weighted by Gasteiger charge is 2.51. The molecule has 4 aliphatic carbocycles. The molecule has 0 aliphatic heterocycles. The number of esters is 1. The molecule has 4 heteroatoms. The number of carbonyl (C=O) groups is 2. The number of aryl methyl sites for hydroxylation is 2. The second kappa shape index (κ2) is 6.40. The van der Waals surface area contributed by atoms with Crippen molar-refractivity contribution in [3.8, 4) is 0 Å². The molecule has 4 fully saturated rings. The summed E-state index contributed by atoms with van der Waals surface area (Å²) in [7, 11) is 0. The van der Waals surface area contributed by atoms with Crippen LogP contribution in [0.2, 0.25) is 0 Å². The maximum Gasteiger partial charge on any atom is 0.339 e. The molecule has 4 bridgehead atoms. The van der Waals surface area contributed by atoms with E-state index < -0.39 is 12.1 Å². The summed E-state index contributed by atoms with van der Waals surface area (Å²) in [5.41, 5.74) is 2.37. The molecule has 1 atom stereocenters. The Bertz CT molecular complexity index is 704. The maximum atomic E-state index is 12.8. The minimum Gasteiger partial charge on any atom is -0.449 e. The van der Waals surface area contributed by atoms with Gasteiger partial charge in [-0.2, -0.15) is 0 Å². The minimum atomic E-state index is -0.768. The molecule has 5 rings (SSSR count). The lowest BCUT2D eigenvalue weighted by molar-refractivity contribution is -0.134. The fourth-order valence-corrected chi connectivity index (χ4v) is 5.86. The number of amides is 1. The molecule has 4 saturated carbocycles. The van der Waals surface area contributed by atoms with E-state index in [1.54, 1.807) is 6.92 Å². The number of benzene rings is 1. The topological polar surface area (TPSA) is 55.4 Å². The zero-order valence-corrected chi connectivity index (χ0v) is 16.0. The summed E-state index contributed by atoms with van der Waals surface area (Å²) >= 11 is 0. The van der Waals surface area contributed by atoms with Crippen LogP contribution in [0.3, 0.4) is 0 Å². The van der Waals surface area contributed by atoms with Crippen molar-refractivity contribution in [2.45, 2.75) is 70.9 Å². The molecule has 140 valence electrons.